The van der Waals surface area contributed by atoms with Crippen LogP contribution in [0.2, 0.25) is 0 Å². The lowest BCUT2D eigenvalue weighted by Gasteiger charge is -2.43. The predicted molar refractivity (Wildman–Crippen MR) is 152 cm³/mol. The summed E-state index contributed by atoms with van der Waals surface area (Å²) in [6, 6.07) is -0.148. The Morgan fingerprint density at radius 1 is 1.18 bits per heavy atom. The van der Waals surface area contributed by atoms with Crippen molar-refractivity contribution in [1.29, 1.82) is 0 Å². The molecule has 0 saturated carbocycles. The van der Waals surface area contributed by atoms with Crippen molar-refractivity contribution in [2.75, 3.05) is 43.9 Å². The fourth-order valence-electron chi connectivity index (χ4n) is 6.70. The second-order valence-electron chi connectivity index (χ2n) is 11.7. The molecule has 2 saturated heterocycles. The Balaban J connectivity index is 1.58. The number of aromatic nitrogens is 3. The number of likely N-dealkylation sites (N-methyl/N-ethyl adjacent to an activating group) is 1. The molecular formula is C29H33F6N7O2. The van der Waals surface area contributed by atoms with Gasteiger partial charge in [-0.25, -0.2) is 18.2 Å². The van der Waals surface area contributed by atoms with Crippen LogP contribution in [0.15, 0.2) is 6.07 Å². The molecule has 15 heteroatoms. The molecule has 0 aliphatic carbocycles. The first-order valence-corrected chi connectivity index (χ1v) is 14.5. The fourth-order valence-corrected chi connectivity index (χ4v) is 6.70. The molecule has 1 aromatic carbocycles. The molecule has 3 aromatic rings. The second kappa shape index (κ2) is 11.1. The molecule has 2 aromatic heterocycles. The number of hydrogen-bond acceptors (Lipinski definition) is 9. The highest BCUT2D eigenvalue weighted by Crippen LogP contribution is 2.46. The fraction of sp³-hybridized carbons (Fsp3) is 0.552. The van der Waals surface area contributed by atoms with Crippen LogP contribution >= 0.6 is 0 Å². The summed E-state index contributed by atoms with van der Waals surface area (Å²) in [5, 5.41) is 3.53. The maximum atomic E-state index is 16.6. The number of likely N-dealkylation sites (tertiary alicyclic amines) is 1. The summed E-state index contributed by atoms with van der Waals surface area (Å²) in [5.74, 6) is -2.36. The minimum absolute atomic E-state index is 0.00959. The molecule has 0 unspecified atom stereocenters. The van der Waals surface area contributed by atoms with Gasteiger partial charge < -0.3 is 25.4 Å². The molecule has 44 heavy (non-hydrogen) atoms. The zero-order valence-electron chi connectivity index (χ0n) is 24.6. The molecule has 0 spiro atoms. The van der Waals surface area contributed by atoms with Crippen molar-refractivity contribution in [3.8, 4) is 23.1 Å². The van der Waals surface area contributed by atoms with Crippen molar-refractivity contribution >= 4 is 22.4 Å². The Bertz CT molecular complexity index is 1610. The molecule has 3 aliphatic rings. The van der Waals surface area contributed by atoms with Gasteiger partial charge in [0.05, 0.1) is 17.3 Å². The van der Waals surface area contributed by atoms with E-state index in [1.165, 1.54) is 0 Å². The Morgan fingerprint density at radius 2 is 1.93 bits per heavy atom. The van der Waals surface area contributed by atoms with Gasteiger partial charge in [-0.15, -0.1) is 0 Å². The number of rotatable bonds is 5. The number of benzene rings is 1. The summed E-state index contributed by atoms with van der Waals surface area (Å²) in [5.41, 5.74) is 1.06. The largest absolute Gasteiger partial charge is 0.472 e. The Hall–Kier alpha value is -3.59. The molecule has 9 nitrogen and oxygen atoms in total. The van der Waals surface area contributed by atoms with Gasteiger partial charge in [-0.1, -0.05) is 6.92 Å². The van der Waals surface area contributed by atoms with Crippen molar-refractivity contribution < 1.29 is 35.8 Å². The first-order valence-electron chi connectivity index (χ1n) is 14.5. The molecule has 6 rings (SSSR count). The van der Waals surface area contributed by atoms with Crippen molar-refractivity contribution in [2.45, 2.75) is 70.2 Å². The third kappa shape index (κ3) is 5.03. The van der Waals surface area contributed by atoms with Crippen LogP contribution in [0.1, 0.15) is 37.8 Å². The van der Waals surface area contributed by atoms with Gasteiger partial charge in [-0.2, -0.15) is 23.1 Å². The summed E-state index contributed by atoms with van der Waals surface area (Å²) in [6.45, 7) is 6.02. The second-order valence-corrected chi connectivity index (χ2v) is 11.7. The molecule has 3 N–H and O–H groups in total. The van der Waals surface area contributed by atoms with E-state index in [1.807, 2.05) is 11.8 Å². The van der Waals surface area contributed by atoms with Crippen molar-refractivity contribution in [3.05, 3.63) is 28.8 Å². The number of alkyl halides is 4. The number of pyridine rings is 1. The summed E-state index contributed by atoms with van der Waals surface area (Å²) >= 11 is 0. The Kier molecular flexibility index (Phi) is 7.67. The van der Waals surface area contributed by atoms with Gasteiger partial charge >= 0.3 is 12.2 Å². The van der Waals surface area contributed by atoms with E-state index in [2.05, 4.69) is 20.3 Å². The normalized spacial score (nSPS) is 25.6. The Labute approximate surface area is 249 Å². The monoisotopic (exact) mass is 625 g/mol. The summed E-state index contributed by atoms with van der Waals surface area (Å²) < 4.78 is 100. The molecule has 5 atom stereocenters. The molecule has 5 heterocycles. The van der Waals surface area contributed by atoms with E-state index < -0.39 is 58.2 Å². The smallest absolute Gasteiger partial charge is 0.417 e. The molecule has 0 radical (unpaired) electrons. The summed E-state index contributed by atoms with van der Waals surface area (Å²) in [4.78, 5) is 17.0. The average Bonchev–Trinajstić information content (AvgIpc) is 3.24. The number of nitrogen functional groups attached to an aromatic ring is 1. The molecule has 238 valence electrons. The molecule has 0 amide bonds. The van der Waals surface area contributed by atoms with E-state index in [1.54, 1.807) is 18.9 Å². The molecular weight excluding hydrogens is 592 g/mol. The highest BCUT2D eigenvalue weighted by molar-refractivity contribution is 5.97. The molecule has 0 bridgehead atoms. The number of anilines is 2. The highest BCUT2D eigenvalue weighted by atomic mass is 19.4. The SMILES string of the molecule is CC[C@@H]1NCCN2c3nc(OC[C@@H]4C[C@@H](F)CN4C)nc4c(F)c(-c5cc(N)c(F)c(C)c5C(F)(F)F)nc(c34)O[C@@H](C)[C@H]12. The van der Waals surface area contributed by atoms with E-state index in [4.69, 9.17) is 15.2 Å². The number of hydrogen-bond donors (Lipinski definition) is 2. The first kappa shape index (κ1) is 30.4. The van der Waals surface area contributed by atoms with E-state index >= 15 is 4.39 Å². The highest BCUT2D eigenvalue weighted by Gasteiger charge is 2.43. The number of nitrogens with two attached hydrogens (primary N) is 1. The third-order valence-corrected chi connectivity index (χ3v) is 8.84. The zero-order chi connectivity index (χ0) is 31.7. The lowest BCUT2D eigenvalue weighted by atomic mass is 9.96. The maximum absolute atomic E-state index is 16.6. The van der Waals surface area contributed by atoms with Gasteiger partial charge in [0.1, 0.15) is 47.1 Å². The van der Waals surface area contributed by atoms with Crippen LogP contribution in [-0.2, 0) is 6.18 Å². The van der Waals surface area contributed by atoms with E-state index in [-0.39, 0.29) is 66.3 Å². The van der Waals surface area contributed by atoms with Gasteiger partial charge in [-0.3, -0.25) is 4.90 Å². The van der Waals surface area contributed by atoms with Crippen LogP contribution in [0.25, 0.3) is 22.2 Å². The predicted octanol–water partition coefficient (Wildman–Crippen LogP) is 4.64. The minimum atomic E-state index is -5.06. The lowest BCUT2D eigenvalue weighted by molar-refractivity contribution is -0.137. The average molecular weight is 626 g/mol. The van der Waals surface area contributed by atoms with Gasteiger partial charge in [0.15, 0.2) is 5.82 Å². The van der Waals surface area contributed by atoms with Crippen LogP contribution in [0.4, 0.5) is 37.8 Å². The summed E-state index contributed by atoms with van der Waals surface area (Å²) in [7, 11) is 1.76. The standard InChI is InChI=1S/C29H33F6N7O2/c1-5-18-25-13(3)44-27-19-24(22(32)23(38-27)16-9-17(36)21(31)12(2)20(16)29(33,34)35)39-28(40-26(19)42(25)7-6-37-18)43-11-15-8-14(30)10-41(15)4/h9,13-15,18,25,37H,5-8,10-11,36H2,1-4H3/t13-,14+,15-,18-,25+/m0/s1. The van der Waals surface area contributed by atoms with Crippen LogP contribution in [0.5, 0.6) is 11.9 Å². The van der Waals surface area contributed by atoms with Crippen LogP contribution in [0.3, 0.4) is 0 Å². The van der Waals surface area contributed by atoms with Crippen molar-refractivity contribution in [1.82, 2.24) is 25.2 Å². The lowest BCUT2D eigenvalue weighted by Crippen LogP contribution is -2.62. The van der Waals surface area contributed by atoms with E-state index in [9.17, 15) is 22.0 Å². The van der Waals surface area contributed by atoms with Crippen LogP contribution in [-0.4, -0.2) is 83.5 Å². The van der Waals surface area contributed by atoms with Gasteiger partial charge in [0, 0.05) is 37.3 Å². The first-order chi connectivity index (χ1) is 20.8. The number of piperazine rings is 1. The van der Waals surface area contributed by atoms with Gasteiger partial charge in [0.25, 0.3) is 0 Å². The number of nitrogens with zero attached hydrogens (tertiary/aromatic N) is 5. The quantitative estimate of drug-likeness (QED) is 0.310. The van der Waals surface area contributed by atoms with Crippen molar-refractivity contribution in [2.24, 2.45) is 0 Å². The number of nitrogens with one attached hydrogen (secondary N) is 1. The number of halogens is 6. The topological polar surface area (TPSA) is 102 Å². The van der Waals surface area contributed by atoms with E-state index in [0.29, 0.717) is 13.1 Å². The van der Waals surface area contributed by atoms with Crippen LogP contribution < -0.4 is 25.4 Å². The van der Waals surface area contributed by atoms with Gasteiger partial charge in [-0.05, 0) is 45.4 Å². The summed E-state index contributed by atoms with van der Waals surface area (Å²) in [6.07, 6.45) is -5.69. The van der Waals surface area contributed by atoms with E-state index in [0.717, 1.165) is 19.4 Å². The number of fused-ring (bicyclic) bond motifs is 2. The minimum Gasteiger partial charge on any atom is -0.472 e. The van der Waals surface area contributed by atoms with Crippen LogP contribution in [0, 0.1) is 18.6 Å². The number of ether oxygens (including phenoxy) is 2. The molecule has 3 aliphatic heterocycles. The third-order valence-electron chi connectivity index (χ3n) is 8.84. The zero-order valence-corrected chi connectivity index (χ0v) is 24.6. The molecule has 2 fully saturated rings. The van der Waals surface area contributed by atoms with Crippen molar-refractivity contribution in [3.63, 3.8) is 0 Å². The van der Waals surface area contributed by atoms with Gasteiger partial charge in [0.2, 0.25) is 5.88 Å². The maximum Gasteiger partial charge on any atom is 0.417 e. The Morgan fingerprint density at radius 3 is 2.59 bits per heavy atom.